The van der Waals surface area contributed by atoms with Crippen LogP contribution in [0.15, 0.2) is 60.4 Å². The molecule has 3 aromatic rings. The van der Waals surface area contributed by atoms with E-state index >= 15 is 0 Å². The van der Waals surface area contributed by atoms with E-state index in [9.17, 15) is 21.6 Å². The normalized spacial score (nSPS) is 13.5. The van der Waals surface area contributed by atoms with Crippen molar-refractivity contribution in [1.82, 2.24) is 9.38 Å². The minimum Gasteiger partial charge on any atom is -0.497 e. The highest BCUT2D eigenvalue weighted by atomic mass is 35.5. The Labute approximate surface area is 164 Å². The predicted molar refractivity (Wildman–Crippen MR) is 98.3 cm³/mol. The van der Waals surface area contributed by atoms with E-state index in [0.717, 1.165) is 16.7 Å². The van der Waals surface area contributed by atoms with E-state index in [1.807, 2.05) is 0 Å². The molecule has 0 aliphatic rings. The number of imidazole rings is 1. The zero-order chi connectivity index (χ0) is 20.7. The number of pyridine rings is 1. The van der Waals surface area contributed by atoms with Crippen molar-refractivity contribution in [2.24, 2.45) is 0 Å². The first-order valence-corrected chi connectivity index (χ1v) is 9.76. The van der Waals surface area contributed by atoms with Gasteiger partial charge in [0, 0.05) is 23.6 Å². The molecule has 5 nitrogen and oxygen atoms in total. The fourth-order valence-corrected chi connectivity index (χ4v) is 4.85. The summed E-state index contributed by atoms with van der Waals surface area (Å²) in [4.78, 5) is 3.33. The average Bonchev–Trinajstić information content (AvgIpc) is 3.10. The molecule has 0 radical (unpaired) electrons. The van der Waals surface area contributed by atoms with Crippen LogP contribution in [-0.2, 0) is 16.0 Å². The molecule has 0 aliphatic heterocycles. The monoisotopic (exact) mass is 430 g/mol. The maximum Gasteiger partial charge on any atom is 0.417 e. The maximum atomic E-state index is 13.3. The van der Waals surface area contributed by atoms with E-state index in [4.69, 9.17) is 16.3 Å². The van der Waals surface area contributed by atoms with E-state index in [0.29, 0.717) is 11.8 Å². The van der Waals surface area contributed by atoms with Crippen LogP contribution in [0.2, 0.25) is 5.02 Å². The number of fused-ring (bicyclic) bond motifs is 1. The highest BCUT2D eigenvalue weighted by Crippen LogP contribution is 2.39. The molecule has 0 fully saturated rings. The van der Waals surface area contributed by atoms with Crippen LogP contribution in [-0.4, -0.2) is 24.9 Å². The van der Waals surface area contributed by atoms with Crippen molar-refractivity contribution < 1.29 is 26.3 Å². The average molecular weight is 431 g/mol. The Kier molecular flexibility index (Phi) is 5.16. The number of ether oxygens (including phenoxy) is 1. The first kappa shape index (κ1) is 20.2. The zero-order valence-corrected chi connectivity index (χ0v) is 16.0. The highest BCUT2D eigenvalue weighted by molar-refractivity contribution is 7.92. The molecule has 0 aliphatic carbocycles. The number of benzene rings is 1. The molecule has 10 heteroatoms. The van der Waals surface area contributed by atoms with Gasteiger partial charge in [0.15, 0.2) is 15.5 Å². The van der Waals surface area contributed by atoms with Gasteiger partial charge in [-0.1, -0.05) is 17.7 Å². The molecular weight excluding hydrogens is 417 g/mol. The summed E-state index contributed by atoms with van der Waals surface area (Å²) in [5.74, 6) is 0.344. The van der Waals surface area contributed by atoms with Gasteiger partial charge in [0.05, 0.1) is 12.7 Å². The summed E-state index contributed by atoms with van der Waals surface area (Å²) in [6.45, 7) is 3.54. The Bertz CT molecular complexity index is 1160. The van der Waals surface area contributed by atoms with Crippen molar-refractivity contribution in [2.75, 3.05) is 7.11 Å². The van der Waals surface area contributed by atoms with Gasteiger partial charge in [-0.3, -0.25) is 0 Å². The lowest BCUT2D eigenvalue weighted by Crippen LogP contribution is -2.16. The summed E-state index contributed by atoms with van der Waals surface area (Å²) < 4.78 is 72.6. The lowest BCUT2D eigenvalue weighted by Gasteiger charge is -2.18. The van der Waals surface area contributed by atoms with Crippen LogP contribution < -0.4 is 4.74 Å². The number of sulfone groups is 1. The summed E-state index contributed by atoms with van der Waals surface area (Å²) in [6.07, 6.45) is -0.389. The van der Waals surface area contributed by atoms with E-state index in [1.54, 1.807) is 0 Å². The molecule has 3 rings (SSSR count). The fourth-order valence-electron chi connectivity index (χ4n) is 2.79. The second-order valence-electron chi connectivity index (χ2n) is 5.84. The lowest BCUT2D eigenvalue weighted by molar-refractivity contribution is -0.138. The number of aromatic nitrogens is 2. The summed E-state index contributed by atoms with van der Waals surface area (Å²) in [5, 5.41) is -1.29. The predicted octanol–water partition coefficient (Wildman–Crippen LogP) is 4.72. The molecular formula is C18H14ClF3N2O3S. The third kappa shape index (κ3) is 3.47. The van der Waals surface area contributed by atoms with Crippen LogP contribution in [0.1, 0.15) is 16.4 Å². The van der Waals surface area contributed by atoms with E-state index in [2.05, 4.69) is 11.6 Å². The first-order valence-electron chi connectivity index (χ1n) is 7.83. The van der Waals surface area contributed by atoms with Crippen LogP contribution >= 0.6 is 11.6 Å². The van der Waals surface area contributed by atoms with Crippen LogP contribution in [0.3, 0.4) is 0 Å². The molecule has 1 atom stereocenters. The van der Waals surface area contributed by atoms with Crippen molar-refractivity contribution in [3.05, 3.63) is 71.7 Å². The van der Waals surface area contributed by atoms with Crippen molar-refractivity contribution in [1.29, 1.82) is 0 Å². The van der Waals surface area contributed by atoms with Gasteiger partial charge in [0.1, 0.15) is 15.9 Å². The van der Waals surface area contributed by atoms with Gasteiger partial charge in [-0.2, -0.15) is 13.2 Å². The van der Waals surface area contributed by atoms with Crippen LogP contribution in [0.25, 0.3) is 5.65 Å². The van der Waals surface area contributed by atoms with Crippen molar-refractivity contribution in [3.8, 4) is 5.75 Å². The number of hydrogen-bond donors (Lipinski definition) is 0. The summed E-state index contributed by atoms with van der Waals surface area (Å²) in [5.41, 5.74) is -1.10. The molecule has 1 aromatic carbocycles. The summed E-state index contributed by atoms with van der Waals surface area (Å²) >= 11 is 6.15. The summed E-state index contributed by atoms with van der Waals surface area (Å²) in [7, 11) is -2.98. The van der Waals surface area contributed by atoms with Gasteiger partial charge in [0.2, 0.25) is 0 Å². The molecule has 1 unspecified atom stereocenters. The second kappa shape index (κ2) is 7.14. The third-order valence-corrected chi connectivity index (χ3v) is 6.52. The van der Waals surface area contributed by atoms with E-state index in [1.165, 1.54) is 37.7 Å². The van der Waals surface area contributed by atoms with Crippen LogP contribution in [0.5, 0.6) is 5.75 Å². The van der Waals surface area contributed by atoms with Gasteiger partial charge in [-0.05, 0) is 29.8 Å². The Morgan fingerprint density at radius 2 is 2.04 bits per heavy atom. The number of rotatable bonds is 5. The molecule has 2 heterocycles. The number of alkyl halides is 3. The van der Waals surface area contributed by atoms with Gasteiger partial charge in [-0.25, -0.2) is 13.4 Å². The van der Waals surface area contributed by atoms with Gasteiger partial charge >= 0.3 is 6.18 Å². The summed E-state index contributed by atoms with van der Waals surface area (Å²) in [6, 6.07) is 4.96. The quantitative estimate of drug-likeness (QED) is 0.550. The molecule has 148 valence electrons. The molecule has 0 spiro atoms. The first-order chi connectivity index (χ1) is 13.1. The molecule has 0 saturated carbocycles. The number of methoxy groups -OCH3 is 1. The fraction of sp³-hybridized carbons (Fsp3) is 0.167. The zero-order valence-electron chi connectivity index (χ0n) is 14.4. The Morgan fingerprint density at radius 3 is 2.64 bits per heavy atom. The Morgan fingerprint density at radius 1 is 1.32 bits per heavy atom. The SMILES string of the molecule is C=CC(c1cc(OC)ccc1Cl)S(=O)(=O)c1cc(C(F)(F)F)cn2ccnc12. The third-order valence-electron chi connectivity index (χ3n) is 4.15. The topological polar surface area (TPSA) is 60.7 Å². The highest BCUT2D eigenvalue weighted by Gasteiger charge is 2.36. The molecule has 0 saturated heterocycles. The molecule has 0 amide bonds. The van der Waals surface area contributed by atoms with Crippen molar-refractivity contribution >= 4 is 27.1 Å². The Hall–Kier alpha value is -2.52. The van der Waals surface area contributed by atoms with Crippen LogP contribution in [0, 0.1) is 0 Å². The van der Waals surface area contributed by atoms with Crippen molar-refractivity contribution in [2.45, 2.75) is 16.3 Å². The smallest absolute Gasteiger partial charge is 0.417 e. The van der Waals surface area contributed by atoms with Crippen molar-refractivity contribution in [3.63, 3.8) is 0 Å². The minimum absolute atomic E-state index is 0.112. The number of halogens is 4. The minimum atomic E-state index is -4.74. The largest absolute Gasteiger partial charge is 0.497 e. The Balaban J connectivity index is 2.27. The molecule has 0 bridgehead atoms. The number of nitrogens with zero attached hydrogens (tertiary/aromatic N) is 2. The van der Waals surface area contributed by atoms with Gasteiger partial charge < -0.3 is 9.14 Å². The molecule has 2 aromatic heterocycles. The second-order valence-corrected chi connectivity index (χ2v) is 8.28. The van der Waals surface area contributed by atoms with Gasteiger partial charge in [0.25, 0.3) is 0 Å². The van der Waals surface area contributed by atoms with E-state index in [-0.39, 0.29) is 16.2 Å². The lowest BCUT2D eigenvalue weighted by atomic mass is 10.1. The standard InChI is InChI=1S/C18H14ClF3N2O3S/c1-3-15(13-9-12(27-2)4-5-14(13)19)28(25,26)16-8-11(18(20,21)22)10-24-7-6-23-17(16)24/h3-10,15H,1H2,2H3. The van der Waals surface area contributed by atoms with Gasteiger partial charge in [-0.15, -0.1) is 6.58 Å². The number of hydrogen-bond acceptors (Lipinski definition) is 4. The molecule has 28 heavy (non-hydrogen) atoms. The maximum absolute atomic E-state index is 13.3. The van der Waals surface area contributed by atoms with Crippen LogP contribution in [0.4, 0.5) is 13.2 Å². The molecule has 0 N–H and O–H groups in total. The van der Waals surface area contributed by atoms with E-state index < -0.39 is 31.7 Å².